The van der Waals surface area contributed by atoms with Gasteiger partial charge in [0.15, 0.2) is 0 Å². The largest absolute Gasteiger partial charge is 0.507 e. The number of ether oxygens (including phenoxy) is 1. The van der Waals surface area contributed by atoms with Gasteiger partial charge in [-0.2, -0.15) is 0 Å². The van der Waals surface area contributed by atoms with Crippen LogP contribution in [0, 0.1) is 6.92 Å². The summed E-state index contributed by atoms with van der Waals surface area (Å²) in [6.07, 6.45) is 0. The third-order valence-corrected chi connectivity index (χ3v) is 4.02. The normalized spacial score (nSPS) is 11.2. The van der Waals surface area contributed by atoms with Gasteiger partial charge in [0.25, 0.3) is 0 Å². The summed E-state index contributed by atoms with van der Waals surface area (Å²) in [5.74, 6) is 1.05. The summed E-state index contributed by atoms with van der Waals surface area (Å²) in [4.78, 5) is 14.8. The van der Waals surface area contributed by atoms with Crippen molar-refractivity contribution in [3.8, 4) is 17.2 Å². The minimum absolute atomic E-state index is 0.0927. The van der Waals surface area contributed by atoms with Crippen LogP contribution in [0.25, 0.3) is 11.0 Å². The highest BCUT2D eigenvalue weighted by Crippen LogP contribution is 2.31. The van der Waals surface area contributed by atoms with Crippen molar-refractivity contribution in [3.05, 3.63) is 63.0 Å². The van der Waals surface area contributed by atoms with Crippen LogP contribution in [0.5, 0.6) is 17.2 Å². The number of benzene rings is 2. The van der Waals surface area contributed by atoms with E-state index in [1.165, 1.54) is 6.07 Å². The molecule has 25 heavy (non-hydrogen) atoms. The molecule has 0 bridgehead atoms. The molecular weight excluding hydrogens is 342 g/mol. The molecule has 0 radical (unpaired) electrons. The number of phenolic OH excluding ortho intramolecular Hbond substituents is 1. The Balaban J connectivity index is 2.14. The number of rotatable bonds is 4. The third kappa shape index (κ3) is 3.48. The zero-order chi connectivity index (χ0) is 18.1. The molecule has 2 aromatic carbocycles. The molecule has 0 saturated heterocycles. The van der Waals surface area contributed by atoms with Crippen LogP contribution in [0.4, 0.5) is 0 Å². The zero-order valence-corrected chi connectivity index (χ0v) is 14.9. The van der Waals surface area contributed by atoms with E-state index in [1.54, 1.807) is 37.3 Å². The molecule has 0 atom stereocenters. The molecule has 1 heterocycles. The van der Waals surface area contributed by atoms with Crippen molar-refractivity contribution in [1.29, 1.82) is 0 Å². The van der Waals surface area contributed by atoms with E-state index >= 15 is 0 Å². The van der Waals surface area contributed by atoms with E-state index in [-0.39, 0.29) is 16.9 Å². The van der Waals surface area contributed by atoms with Crippen LogP contribution >= 0.6 is 11.6 Å². The van der Waals surface area contributed by atoms with E-state index in [2.05, 4.69) is 0 Å². The average molecular weight is 360 g/mol. The van der Waals surface area contributed by atoms with Gasteiger partial charge in [0.2, 0.25) is 11.2 Å². The van der Waals surface area contributed by atoms with Crippen molar-refractivity contribution in [2.75, 3.05) is 14.1 Å². The molecule has 0 amide bonds. The predicted octanol–water partition coefficient (Wildman–Crippen LogP) is 4.31. The number of aryl methyl sites for hydroxylation is 1. The van der Waals surface area contributed by atoms with Gasteiger partial charge in [-0.3, -0.25) is 4.79 Å². The van der Waals surface area contributed by atoms with Crippen molar-refractivity contribution in [1.82, 2.24) is 4.90 Å². The monoisotopic (exact) mass is 359 g/mol. The lowest BCUT2D eigenvalue weighted by atomic mass is 10.1. The van der Waals surface area contributed by atoms with E-state index in [4.69, 9.17) is 20.8 Å². The second kappa shape index (κ2) is 6.78. The molecule has 5 nitrogen and oxygen atoms in total. The number of hydrogen-bond donors (Lipinski definition) is 1. The van der Waals surface area contributed by atoms with Gasteiger partial charge >= 0.3 is 0 Å². The maximum Gasteiger partial charge on any atom is 0.235 e. The van der Waals surface area contributed by atoms with E-state index in [1.807, 2.05) is 19.0 Å². The predicted molar refractivity (Wildman–Crippen MR) is 97.8 cm³/mol. The first-order chi connectivity index (χ1) is 11.9. The molecule has 6 heteroatoms. The van der Waals surface area contributed by atoms with Crippen molar-refractivity contribution < 1.29 is 14.3 Å². The van der Waals surface area contributed by atoms with Gasteiger partial charge in [-0.1, -0.05) is 11.6 Å². The van der Waals surface area contributed by atoms with Crippen molar-refractivity contribution in [2.24, 2.45) is 0 Å². The summed E-state index contributed by atoms with van der Waals surface area (Å²) in [5.41, 5.74) is 0.661. The van der Waals surface area contributed by atoms with Crippen LogP contribution in [-0.2, 0) is 6.54 Å². The lowest BCUT2D eigenvalue weighted by Crippen LogP contribution is -2.13. The lowest BCUT2D eigenvalue weighted by Gasteiger charge is -2.14. The second-order valence-electron chi connectivity index (χ2n) is 6.05. The summed E-state index contributed by atoms with van der Waals surface area (Å²) in [7, 11) is 3.75. The first-order valence-electron chi connectivity index (χ1n) is 7.73. The summed E-state index contributed by atoms with van der Waals surface area (Å²) in [6.45, 7) is 2.11. The van der Waals surface area contributed by atoms with Crippen molar-refractivity contribution in [3.63, 3.8) is 0 Å². The lowest BCUT2D eigenvalue weighted by molar-refractivity contribution is 0.381. The first kappa shape index (κ1) is 17.3. The number of nitrogens with zero attached hydrogens (tertiary/aromatic N) is 1. The van der Waals surface area contributed by atoms with Gasteiger partial charge in [0.1, 0.15) is 22.8 Å². The Morgan fingerprint density at radius 2 is 1.84 bits per heavy atom. The second-order valence-corrected chi connectivity index (χ2v) is 6.49. The Bertz CT molecular complexity index is 977. The van der Waals surface area contributed by atoms with Gasteiger partial charge in [-0.25, -0.2) is 0 Å². The molecule has 3 rings (SSSR count). The smallest absolute Gasteiger partial charge is 0.235 e. The molecule has 3 aromatic rings. The highest BCUT2D eigenvalue weighted by Gasteiger charge is 2.18. The topological polar surface area (TPSA) is 62.9 Å². The summed E-state index contributed by atoms with van der Waals surface area (Å²) in [5, 5.41) is 11.1. The number of fused-ring (bicyclic) bond motifs is 1. The van der Waals surface area contributed by atoms with Gasteiger partial charge in [0.05, 0.1) is 10.9 Å². The fourth-order valence-corrected chi connectivity index (χ4v) is 2.73. The van der Waals surface area contributed by atoms with Crippen LogP contribution in [0.3, 0.4) is 0 Å². The summed E-state index contributed by atoms with van der Waals surface area (Å²) < 4.78 is 11.6. The van der Waals surface area contributed by atoms with Gasteiger partial charge in [0, 0.05) is 11.6 Å². The molecule has 1 aromatic heterocycles. The SMILES string of the molecule is Cc1oc2c(CN(C)C)c(O)ccc2c(=O)c1Oc1ccc(Cl)cc1. The molecular formula is C19H18ClNO4. The highest BCUT2D eigenvalue weighted by molar-refractivity contribution is 6.30. The summed E-state index contributed by atoms with van der Waals surface area (Å²) in [6, 6.07) is 9.77. The van der Waals surface area contributed by atoms with Crippen LogP contribution in [0.2, 0.25) is 5.02 Å². The number of halogens is 1. The fourth-order valence-electron chi connectivity index (χ4n) is 2.60. The van der Waals surface area contributed by atoms with Crippen LogP contribution in [-0.4, -0.2) is 24.1 Å². The quantitative estimate of drug-likeness (QED) is 0.751. The van der Waals surface area contributed by atoms with Crippen molar-refractivity contribution >= 4 is 22.6 Å². The van der Waals surface area contributed by atoms with E-state index < -0.39 is 0 Å². The van der Waals surface area contributed by atoms with Crippen molar-refractivity contribution in [2.45, 2.75) is 13.5 Å². The van der Waals surface area contributed by atoms with Crippen LogP contribution in [0.15, 0.2) is 45.6 Å². The van der Waals surface area contributed by atoms with Crippen LogP contribution in [0.1, 0.15) is 11.3 Å². The van der Waals surface area contributed by atoms with Crippen LogP contribution < -0.4 is 10.2 Å². The minimum atomic E-state index is -0.284. The maximum atomic E-state index is 12.9. The molecule has 0 aliphatic carbocycles. The molecule has 1 N–H and O–H groups in total. The number of phenols is 1. The minimum Gasteiger partial charge on any atom is -0.507 e. The molecule has 0 fully saturated rings. The third-order valence-electron chi connectivity index (χ3n) is 3.77. The number of aromatic hydroxyl groups is 1. The molecule has 0 spiro atoms. The van der Waals surface area contributed by atoms with E-state index in [9.17, 15) is 9.90 Å². The number of hydrogen-bond acceptors (Lipinski definition) is 5. The first-order valence-corrected chi connectivity index (χ1v) is 8.11. The molecule has 130 valence electrons. The molecule has 0 unspecified atom stereocenters. The Kier molecular flexibility index (Phi) is 4.70. The Morgan fingerprint density at radius 3 is 2.48 bits per heavy atom. The standard InChI is InChI=1S/C19H18ClNO4/c1-11-18(25-13-6-4-12(20)5-7-13)17(23)14-8-9-16(22)15(10-21(2)3)19(14)24-11/h4-9,22H,10H2,1-3H3. The van der Waals surface area contributed by atoms with Gasteiger partial charge in [-0.15, -0.1) is 0 Å². The van der Waals surface area contributed by atoms with E-state index in [0.717, 1.165) is 0 Å². The molecule has 0 aliphatic rings. The summed E-state index contributed by atoms with van der Waals surface area (Å²) >= 11 is 5.87. The van der Waals surface area contributed by atoms with E-state index in [0.29, 0.717) is 39.6 Å². The molecule has 0 aliphatic heterocycles. The molecule has 0 saturated carbocycles. The fraction of sp³-hybridized carbons (Fsp3) is 0.211. The van der Waals surface area contributed by atoms with Gasteiger partial charge < -0.3 is 19.2 Å². The van der Waals surface area contributed by atoms with Gasteiger partial charge in [-0.05, 0) is 57.4 Å². The Hall–Kier alpha value is -2.50. The highest BCUT2D eigenvalue weighted by atomic mass is 35.5. The maximum absolute atomic E-state index is 12.9. The zero-order valence-electron chi connectivity index (χ0n) is 14.2. The average Bonchev–Trinajstić information content (AvgIpc) is 2.56. The Labute approximate surface area is 150 Å². The Morgan fingerprint density at radius 1 is 1.16 bits per heavy atom.